The molecule has 1 aromatic heterocycles. The summed E-state index contributed by atoms with van der Waals surface area (Å²) in [7, 11) is 1.73. The Balaban J connectivity index is 1.61. The van der Waals surface area contributed by atoms with Crippen LogP contribution in [-0.4, -0.2) is 34.4 Å². The summed E-state index contributed by atoms with van der Waals surface area (Å²) in [6.45, 7) is 2.47. The molecule has 0 aliphatic heterocycles. The molecule has 0 saturated carbocycles. The van der Waals surface area contributed by atoms with Crippen molar-refractivity contribution in [3.05, 3.63) is 69.7 Å². The molecule has 1 amide bonds. The van der Waals surface area contributed by atoms with E-state index < -0.39 is 6.36 Å². The molecule has 1 heterocycles. The molecule has 0 atom stereocenters. The lowest BCUT2D eigenvalue weighted by Gasteiger charge is -2.18. The van der Waals surface area contributed by atoms with Crippen LogP contribution >= 0.6 is 11.3 Å². The van der Waals surface area contributed by atoms with Crippen molar-refractivity contribution in [2.45, 2.75) is 26.4 Å². The number of hydrogen-bond acceptors (Lipinski definition) is 6. The quantitative estimate of drug-likeness (QED) is 0.585. The molecule has 158 valence electrons. The highest BCUT2D eigenvalue weighted by Crippen LogP contribution is 2.27. The molecule has 6 nitrogen and oxygen atoms in total. The van der Waals surface area contributed by atoms with Gasteiger partial charge in [0.05, 0.1) is 6.54 Å². The summed E-state index contributed by atoms with van der Waals surface area (Å²) in [5.41, 5.74) is 2.12. The number of para-hydroxylation sites is 1. The number of nitrogens with one attached hydrogen (secondary N) is 1. The van der Waals surface area contributed by atoms with Crippen LogP contribution < -0.4 is 10.1 Å². The standard InChI is InChI=1S/C20H19F3N4O2S/c1-13-7-9-15(10-8-13)24-18(28)19-26-25-17(30-19)12-27(2)11-14-5-3-4-6-16(14)29-20(21,22)23/h3-10H,11-12H2,1-2H3,(H,24,28). The normalized spacial score (nSPS) is 11.5. The second-order valence-electron chi connectivity index (χ2n) is 6.65. The summed E-state index contributed by atoms with van der Waals surface area (Å²) in [4.78, 5) is 14.1. The molecule has 0 saturated heterocycles. The third kappa shape index (κ3) is 6.26. The second kappa shape index (κ2) is 9.23. The van der Waals surface area contributed by atoms with Gasteiger partial charge in [0.2, 0.25) is 5.01 Å². The first-order chi connectivity index (χ1) is 14.2. The van der Waals surface area contributed by atoms with Crippen molar-refractivity contribution in [3.63, 3.8) is 0 Å². The molecule has 3 rings (SSSR count). The lowest BCUT2D eigenvalue weighted by atomic mass is 10.2. The number of hydrogen-bond donors (Lipinski definition) is 1. The van der Waals surface area contributed by atoms with Gasteiger partial charge in [0.15, 0.2) is 0 Å². The maximum Gasteiger partial charge on any atom is 0.573 e. The maximum absolute atomic E-state index is 12.6. The van der Waals surface area contributed by atoms with Gasteiger partial charge < -0.3 is 10.1 Å². The average molecular weight is 436 g/mol. The van der Waals surface area contributed by atoms with Crippen LogP contribution in [0.15, 0.2) is 48.5 Å². The van der Waals surface area contributed by atoms with E-state index in [1.54, 1.807) is 36.2 Å². The fourth-order valence-corrected chi connectivity index (χ4v) is 3.48. The summed E-state index contributed by atoms with van der Waals surface area (Å²) in [5.74, 6) is -0.610. The van der Waals surface area contributed by atoms with E-state index in [2.05, 4.69) is 20.3 Å². The largest absolute Gasteiger partial charge is 0.573 e. The minimum absolute atomic E-state index is 0.205. The highest BCUT2D eigenvalue weighted by atomic mass is 32.1. The number of alkyl halides is 3. The molecule has 0 radical (unpaired) electrons. The molecule has 2 aromatic carbocycles. The Morgan fingerprint density at radius 3 is 2.50 bits per heavy atom. The van der Waals surface area contributed by atoms with Crippen molar-refractivity contribution in [2.75, 3.05) is 12.4 Å². The zero-order valence-corrected chi connectivity index (χ0v) is 17.0. The Hall–Kier alpha value is -2.98. The molecule has 30 heavy (non-hydrogen) atoms. The van der Waals surface area contributed by atoms with Crippen LogP contribution in [0.1, 0.15) is 25.9 Å². The first-order valence-corrected chi connectivity index (χ1v) is 9.74. The molecular formula is C20H19F3N4O2S. The smallest absolute Gasteiger partial charge is 0.405 e. The third-order valence-electron chi connectivity index (χ3n) is 4.01. The van der Waals surface area contributed by atoms with E-state index in [4.69, 9.17) is 0 Å². The van der Waals surface area contributed by atoms with Gasteiger partial charge in [-0.15, -0.1) is 23.4 Å². The lowest BCUT2D eigenvalue weighted by molar-refractivity contribution is -0.275. The van der Waals surface area contributed by atoms with Crippen molar-refractivity contribution in [1.82, 2.24) is 15.1 Å². The molecule has 1 N–H and O–H groups in total. The zero-order chi connectivity index (χ0) is 21.7. The number of carbonyl (C=O) groups is 1. The summed E-state index contributed by atoms with van der Waals surface area (Å²) in [5, 5.41) is 11.5. The SMILES string of the molecule is Cc1ccc(NC(=O)c2nnc(CN(C)Cc3ccccc3OC(F)(F)F)s2)cc1. The van der Waals surface area contributed by atoms with Crippen LogP contribution in [0.4, 0.5) is 18.9 Å². The van der Waals surface area contributed by atoms with E-state index in [1.807, 2.05) is 19.1 Å². The van der Waals surface area contributed by atoms with Gasteiger partial charge in [-0.3, -0.25) is 9.69 Å². The monoisotopic (exact) mass is 436 g/mol. The predicted octanol–water partition coefficient (Wildman–Crippen LogP) is 4.63. The highest BCUT2D eigenvalue weighted by Gasteiger charge is 2.32. The van der Waals surface area contributed by atoms with Crippen LogP contribution in [0.3, 0.4) is 0 Å². The van der Waals surface area contributed by atoms with E-state index in [1.165, 1.54) is 12.1 Å². The summed E-state index contributed by atoms with van der Waals surface area (Å²) in [6.07, 6.45) is -4.76. The Labute approximate surface area is 175 Å². The number of anilines is 1. The summed E-state index contributed by atoms with van der Waals surface area (Å²) >= 11 is 1.13. The number of aromatic nitrogens is 2. The number of rotatable bonds is 7. The number of ether oxygens (including phenoxy) is 1. The van der Waals surface area contributed by atoms with Gasteiger partial charge in [0.25, 0.3) is 5.91 Å². The van der Waals surface area contributed by atoms with Crippen LogP contribution in [0.25, 0.3) is 0 Å². The number of carbonyl (C=O) groups excluding carboxylic acids is 1. The predicted molar refractivity (Wildman–Crippen MR) is 107 cm³/mol. The Bertz CT molecular complexity index is 1010. The Morgan fingerprint density at radius 2 is 1.80 bits per heavy atom. The molecule has 0 spiro atoms. The first kappa shape index (κ1) is 21.7. The fraction of sp³-hybridized carbons (Fsp3) is 0.250. The number of amides is 1. The van der Waals surface area contributed by atoms with Crippen molar-refractivity contribution in [3.8, 4) is 5.75 Å². The maximum atomic E-state index is 12.6. The van der Waals surface area contributed by atoms with Gasteiger partial charge in [-0.25, -0.2) is 0 Å². The fourth-order valence-electron chi connectivity index (χ4n) is 2.67. The molecule has 0 unspecified atom stereocenters. The number of halogens is 3. The minimum Gasteiger partial charge on any atom is -0.405 e. The van der Waals surface area contributed by atoms with Gasteiger partial charge in [0, 0.05) is 17.8 Å². The Morgan fingerprint density at radius 1 is 1.10 bits per heavy atom. The van der Waals surface area contributed by atoms with Gasteiger partial charge in [-0.1, -0.05) is 47.2 Å². The zero-order valence-electron chi connectivity index (χ0n) is 16.2. The lowest BCUT2D eigenvalue weighted by Crippen LogP contribution is -2.21. The van der Waals surface area contributed by atoms with Crippen molar-refractivity contribution < 1.29 is 22.7 Å². The Kier molecular flexibility index (Phi) is 6.68. The third-order valence-corrected chi connectivity index (χ3v) is 4.92. The molecule has 0 aliphatic carbocycles. The molecule has 0 bridgehead atoms. The van der Waals surface area contributed by atoms with Crippen molar-refractivity contribution >= 4 is 22.9 Å². The van der Waals surface area contributed by atoms with E-state index in [-0.39, 0.29) is 23.2 Å². The van der Waals surface area contributed by atoms with E-state index in [9.17, 15) is 18.0 Å². The molecule has 0 fully saturated rings. The average Bonchev–Trinajstić information content (AvgIpc) is 3.12. The van der Waals surface area contributed by atoms with Gasteiger partial charge >= 0.3 is 6.36 Å². The van der Waals surface area contributed by atoms with Gasteiger partial charge in [-0.05, 0) is 32.2 Å². The number of nitrogens with zero attached hydrogens (tertiary/aromatic N) is 3. The molecule has 0 aliphatic rings. The van der Waals surface area contributed by atoms with Crippen molar-refractivity contribution in [2.24, 2.45) is 0 Å². The van der Waals surface area contributed by atoms with Crippen LogP contribution in [0.5, 0.6) is 5.75 Å². The molecule has 10 heteroatoms. The topological polar surface area (TPSA) is 67.4 Å². The summed E-state index contributed by atoms with van der Waals surface area (Å²) < 4.78 is 41.8. The van der Waals surface area contributed by atoms with Crippen molar-refractivity contribution in [1.29, 1.82) is 0 Å². The first-order valence-electron chi connectivity index (χ1n) is 8.92. The second-order valence-corrected chi connectivity index (χ2v) is 7.71. The van der Waals surface area contributed by atoms with Crippen LogP contribution in [-0.2, 0) is 13.1 Å². The van der Waals surface area contributed by atoms with E-state index in [0.29, 0.717) is 22.8 Å². The van der Waals surface area contributed by atoms with Crippen LogP contribution in [0.2, 0.25) is 0 Å². The van der Waals surface area contributed by atoms with Crippen LogP contribution in [0, 0.1) is 6.92 Å². The van der Waals surface area contributed by atoms with E-state index in [0.717, 1.165) is 16.9 Å². The van der Waals surface area contributed by atoms with Gasteiger partial charge in [-0.2, -0.15) is 0 Å². The molecule has 3 aromatic rings. The van der Waals surface area contributed by atoms with Gasteiger partial charge in [0.1, 0.15) is 10.8 Å². The molecular weight excluding hydrogens is 417 g/mol. The number of aryl methyl sites for hydroxylation is 1. The minimum atomic E-state index is -4.76. The number of benzene rings is 2. The highest BCUT2D eigenvalue weighted by molar-refractivity contribution is 7.13. The van der Waals surface area contributed by atoms with E-state index >= 15 is 0 Å². The summed E-state index contributed by atoms with van der Waals surface area (Å²) in [6, 6.07) is 13.3.